The average Bonchev–Trinajstić information content (AvgIpc) is 2.28. The molecule has 0 aromatic heterocycles. The lowest BCUT2D eigenvalue weighted by Crippen LogP contribution is -2.49. The van der Waals surface area contributed by atoms with Crippen LogP contribution >= 0.6 is 0 Å². The molecule has 5 N–H and O–H groups in total. The van der Waals surface area contributed by atoms with Crippen molar-refractivity contribution in [3.8, 4) is 0 Å². The fourth-order valence-corrected chi connectivity index (χ4v) is 1.25. The number of methoxy groups -OCH3 is 2. The van der Waals surface area contributed by atoms with Gasteiger partial charge in [-0.3, -0.25) is 4.79 Å². The highest BCUT2D eigenvalue weighted by Crippen LogP contribution is 2.17. The van der Waals surface area contributed by atoms with Crippen LogP contribution in [0, 0.1) is 0 Å². The maximum Gasteiger partial charge on any atom is 0.257 e. The highest BCUT2D eigenvalue weighted by atomic mass is 16.7. The second kappa shape index (κ2) is 5.03. The Morgan fingerprint density at radius 2 is 1.88 bits per heavy atom. The van der Waals surface area contributed by atoms with Crippen molar-refractivity contribution >= 4 is 17.3 Å². The van der Waals surface area contributed by atoms with Gasteiger partial charge in [-0.15, -0.1) is 0 Å². The van der Waals surface area contributed by atoms with Crippen molar-refractivity contribution in [3.05, 3.63) is 23.8 Å². The summed E-state index contributed by atoms with van der Waals surface area (Å²) in [5.74, 6) is -1.58. The Morgan fingerprint density at radius 3 is 2.35 bits per heavy atom. The number of anilines is 2. The highest BCUT2D eigenvalue weighted by molar-refractivity contribution is 5.99. The molecule has 1 rings (SSSR count). The summed E-state index contributed by atoms with van der Waals surface area (Å²) in [4.78, 5) is 11.9. The zero-order valence-corrected chi connectivity index (χ0v) is 10.1. The predicted molar refractivity (Wildman–Crippen MR) is 65.2 cm³/mol. The topological polar surface area (TPSA) is 99.6 Å². The fraction of sp³-hybridized carbons (Fsp3) is 0.364. The fourth-order valence-electron chi connectivity index (χ4n) is 1.25. The van der Waals surface area contributed by atoms with Crippen LogP contribution in [0.1, 0.15) is 17.3 Å². The highest BCUT2D eigenvalue weighted by Gasteiger charge is 2.26. The average molecular weight is 239 g/mol. The minimum absolute atomic E-state index is 0.303. The first kappa shape index (κ1) is 13.3. The Balaban J connectivity index is 2.90. The van der Waals surface area contributed by atoms with Gasteiger partial charge in [-0.25, -0.2) is 0 Å². The summed E-state index contributed by atoms with van der Waals surface area (Å²) >= 11 is 0. The number of carbonyl (C=O) groups excluding carboxylic acids is 1. The van der Waals surface area contributed by atoms with Gasteiger partial charge in [-0.2, -0.15) is 0 Å². The Hall–Kier alpha value is -1.79. The van der Waals surface area contributed by atoms with Crippen molar-refractivity contribution in [2.45, 2.75) is 12.8 Å². The molecule has 0 spiro atoms. The van der Waals surface area contributed by atoms with E-state index in [9.17, 15) is 4.79 Å². The molecule has 6 nitrogen and oxygen atoms in total. The summed E-state index contributed by atoms with van der Waals surface area (Å²) in [5.41, 5.74) is 12.4. The number of nitrogens with one attached hydrogen (secondary N) is 1. The number of hydrogen-bond acceptors (Lipinski definition) is 5. The summed E-state index contributed by atoms with van der Waals surface area (Å²) in [7, 11) is 2.85. The first-order valence-corrected chi connectivity index (χ1v) is 4.99. The molecule has 17 heavy (non-hydrogen) atoms. The van der Waals surface area contributed by atoms with Crippen LogP contribution in [-0.2, 0) is 9.47 Å². The molecule has 1 amide bonds. The van der Waals surface area contributed by atoms with Crippen LogP contribution in [0.25, 0.3) is 0 Å². The third-order valence-electron chi connectivity index (χ3n) is 2.44. The lowest BCUT2D eigenvalue weighted by molar-refractivity contribution is -0.206. The predicted octanol–water partition coefficient (Wildman–Crippen LogP) is 0.547. The second-order valence-corrected chi connectivity index (χ2v) is 3.65. The molecule has 0 aliphatic heterocycles. The van der Waals surface area contributed by atoms with E-state index in [0.29, 0.717) is 16.9 Å². The molecule has 0 fully saturated rings. The van der Waals surface area contributed by atoms with Crippen LogP contribution < -0.4 is 16.8 Å². The molecule has 94 valence electrons. The van der Waals surface area contributed by atoms with Crippen molar-refractivity contribution in [1.29, 1.82) is 0 Å². The van der Waals surface area contributed by atoms with Gasteiger partial charge in [-0.05, 0) is 18.2 Å². The van der Waals surface area contributed by atoms with Crippen LogP contribution in [0.4, 0.5) is 11.4 Å². The molecule has 0 aliphatic rings. The number of rotatable bonds is 4. The Labute approximate surface area is 99.9 Å². The SMILES string of the molecule is COC(C)(NC(=O)c1ccc(N)cc1N)OC. The van der Waals surface area contributed by atoms with E-state index in [0.717, 1.165) is 0 Å². The molecule has 6 heteroatoms. The largest absolute Gasteiger partial charge is 0.399 e. The summed E-state index contributed by atoms with van der Waals surface area (Å²) in [6, 6.07) is 4.67. The van der Waals surface area contributed by atoms with Crippen LogP contribution in [0.2, 0.25) is 0 Å². The molecule has 0 unspecified atom stereocenters. The maximum atomic E-state index is 11.9. The van der Waals surface area contributed by atoms with E-state index in [4.69, 9.17) is 20.9 Å². The van der Waals surface area contributed by atoms with Crippen LogP contribution in [0.5, 0.6) is 0 Å². The summed E-state index contributed by atoms with van der Waals surface area (Å²) in [5, 5.41) is 2.57. The van der Waals surface area contributed by atoms with Gasteiger partial charge in [0.1, 0.15) is 0 Å². The van der Waals surface area contributed by atoms with Gasteiger partial charge in [0.2, 0.25) is 5.91 Å². The molecule has 0 aliphatic carbocycles. The van der Waals surface area contributed by atoms with E-state index in [2.05, 4.69) is 5.32 Å². The third kappa shape index (κ3) is 3.08. The monoisotopic (exact) mass is 239 g/mol. The maximum absolute atomic E-state index is 11.9. The number of hydrogen-bond donors (Lipinski definition) is 3. The molecule has 0 bridgehead atoms. The second-order valence-electron chi connectivity index (χ2n) is 3.65. The van der Waals surface area contributed by atoms with Crippen LogP contribution in [0.15, 0.2) is 18.2 Å². The molecule has 0 saturated carbocycles. The van der Waals surface area contributed by atoms with Gasteiger partial charge in [-0.1, -0.05) is 0 Å². The molecular formula is C11H17N3O3. The normalized spacial score (nSPS) is 11.2. The summed E-state index contributed by atoms with van der Waals surface area (Å²) in [6.45, 7) is 1.58. The van der Waals surface area contributed by atoms with E-state index < -0.39 is 11.8 Å². The lowest BCUT2D eigenvalue weighted by Gasteiger charge is -2.27. The van der Waals surface area contributed by atoms with Crippen molar-refractivity contribution in [1.82, 2.24) is 5.32 Å². The van der Waals surface area contributed by atoms with E-state index >= 15 is 0 Å². The van der Waals surface area contributed by atoms with Gasteiger partial charge in [0.15, 0.2) is 0 Å². The number of nitrogen functional groups attached to an aromatic ring is 2. The van der Waals surface area contributed by atoms with Gasteiger partial charge in [0.05, 0.1) is 5.56 Å². The standard InChI is InChI=1S/C11H17N3O3/c1-11(16-2,17-3)14-10(15)8-5-4-7(12)6-9(8)13/h4-6H,12-13H2,1-3H3,(H,14,15). The van der Waals surface area contributed by atoms with Crippen molar-refractivity contribution in [2.24, 2.45) is 0 Å². The Kier molecular flexibility index (Phi) is 3.93. The van der Waals surface area contributed by atoms with Gasteiger partial charge in [0.25, 0.3) is 5.91 Å². The van der Waals surface area contributed by atoms with Gasteiger partial charge >= 0.3 is 0 Å². The number of nitrogens with two attached hydrogens (primary N) is 2. The molecule has 0 heterocycles. The molecule has 0 radical (unpaired) electrons. The lowest BCUT2D eigenvalue weighted by atomic mass is 10.1. The molecule has 0 atom stereocenters. The first-order chi connectivity index (χ1) is 7.91. The number of carbonyl (C=O) groups is 1. The van der Waals surface area contributed by atoms with Gasteiger partial charge < -0.3 is 26.3 Å². The quantitative estimate of drug-likeness (QED) is 0.526. The number of benzene rings is 1. The smallest absolute Gasteiger partial charge is 0.257 e. The number of amides is 1. The van der Waals surface area contributed by atoms with Crippen molar-refractivity contribution in [3.63, 3.8) is 0 Å². The molecule has 1 aromatic carbocycles. The Morgan fingerprint density at radius 1 is 1.29 bits per heavy atom. The molecular weight excluding hydrogens is 222 g/mol. The number of ether oxygens (including phenoxy) is 2. The summed E-state index contributed by atoms with van der Waals surface area (Å²) in [6.07, 6.45) is 0. The van der Waals surface area contributed by atoms with Crippen LogP contribution in [0.3, 0.4) is 0 Å². The van der Waals surface area contributed by atoms with Crippen molar-refractivity contribution in [2.75, 3.05) is 25.7 Å². The summed E-state index contributed by atoms with van der Waals surface area (Å²) < 4.78 is 10.0. The first-order valence-electron chi connectivity index (χ1n) is 4.99. The third-order valence-corrected chi connectivity index (χ3v) is 2.44. The van der Waals surface area contributed by atoms with E-state index in [1.165, 1.54) is 20.3 Å². The minimum Gasteiger partial charge on any atom is -0.399 e. The van der Waals surface area contributed by atoms with E-state index in [1.54, 1.807) is 19.1 Å². The van der Waals surface area contributed by atoms with Crippen LogP contribution in [-0.4, -0.2) is 26.0 Å². The van der Waals surface area contributed by atoms with E-state index in [-0.39, 0.29) is 0 Å². The Bertz CT molecular complexity index is 416. The zero-order valence-electron chi connectivity index (χ0n) is 10.1. The van der Waals surface area contributed by atoms with Crippen molar-refractivity contribution < 1.29 is 14.3 Å². The zero-order chi connectivity index (χ0) is 13.1. The molecule has 0 saturated heterocycles. The van der Waals surface area contributed by atoms with Gasteiger partial charge in [0, 0.05) is 32.5 Å². The van der Waals surface area contributed by atoms with E-state index in [1.807, 2.05) is 0 Å². The molecule has 1 aromatic rings. The minimum atomic E-state index is -1.19.